The predicted molar refractivity (Wildman–Crippen MR) is 83.7 cm³/mol. The van der Waals surface area contributed by atoms with Gasteiger partial charge in [-0.25, -0.2) is 15.0 Å². The second-order valence-corrected chi connectivity index (χ2v) is 7.09. The molecule has 1 aliphatic rings. The second-order valence-electron chi connectivity index (χ2n) is 5.51. The first kappa shape index (κ1) is 18.1. The molecular formula is C12H18N5O7P. The zero-order chi connectivity index (χ0) is 18.2. The number of fused-ring (bicyclic) bond motifs is 1. The molecule has 0 bridgehead atoms. The average molecular weight is 375 g/mol. The van der Waals surface area contributed by atoms with Crippen molar-refractivity contribution >= 4 is 24.6 Å². The predicted octanol–water partition coefficient (Wildman–Crippen LogP) is -1.36. The molecule has 0 saturated carbocycles. The monoisotopic (exact) mass is 375 g/mol. The fourth-order valence-corrected chi connectivity index (χ4v) is 2.95. The number of anilines is 1. The van der Waals surface area contributed by atoms with Gasteiger partial charge in [0.2, 0.25) is 0 Å². The number of nitrogens with one attached hydrogen (secondary N) is 1. The molecule has 0 unspecified atom stereocenters. The molecule has 25 heavy (non-hydrogen) atoms. The minimum atomic E-state index is -4.32. The number of aliphatic hydroxyl groups is 2. The van der Waals surface area contributed by atoms with Crippen molar-refractivity contribution < 1.29 is 34.0 Å². The van der Waals surface area contributed by atoms with Crippen molar-refractivity contribution in [2.75, 3.05) is 25.3 Å². The standard InChI is InChI=1S/C12H18N5O7P/c1-13-10-7-11(15-3-14-10)17(4-16-7)12-9(19)8(18)6(24-12)2-23-5-25(20,21)22/h3-4,6,8-9,12,18-19H,2,5H2,1H3,(H,13,14,15)(H2,20,21,22)/t6-,8-,9-,12-/m1/s1. The molecule has 2 aromatic rings. The van der Waals surface area contributed by atoms with Crippen LogP contribution < -0.4 is 5.32 Å². The Morgan fingerprint density at radius 2 is 2.08 bits per heavy atom. The number of hydrogen-bond donors (Lipinski definition) is 5. The van der Waals surface area contributed by atoms with Crippen LogP contribution in [0.3, 0.4) is 0 Å². The van der Waals surface area contributed by atoms with E-state index in [1.807, 2.05) is 0 Å². The van der Waals surface area contributed by atoms with Crippen molar-refractivity contribution in [3.63, 3.8) is 0 Å². The quantitative estimate of drug-likeness (QED) is 0.377. The Bertz CT molecular complexity index is 795. The molecule has 1 fully saturated rings. The zero-order valence-corrected chi connectivity index (χ0v) is 14.0. The van der Waals surface area contributed by atoms with Crippen molar-refractivity contribution in [2.24, 2.45) is 0 Å². The number of hydrogen-bond acceptors (Lipinski definition) is 9. The van der Waals surface area contributed by atoms with Gasteiger partial charge in [0.25, 0.3) is 0 Å². The third-order valence-electron chi connectivity index (χ3n) is 3.75. The Labute approximate surface area is 141 Å². The van der Waals surface area contributed by atoms with E-state index in [0.29, 0.717) is 17.0 Å². The minimum Gasteiger partial charge on any atom is -0.387 e. The SMILES string of the molecule is CNc1ncnc2c1ncn2[C@@H]1O[C@H](COCP(=O)(O)O)[C@@H](O)[C@H]1O. The molecule has 138 valence electrons. The van der Waals surface area contributed by atoms with Gasteiger partial charge in [0.05, 0.1) is 12.9 Å². The van der Waals surface area contributed by atoms with E-state index < -0.39 is 38.5 Å². The molecular weight excluding hydrogens is 357 g/mol. The summed E-state index contributed by atoms with van der Waals surface area (Å²) in [7, 11) is -2.64. The fourth-order valence-electron chi connectivity index (χ4n) is 2.61. The summed E-state index contributed by atoms with van der Waals surface area (Å²) in [4.78, 5) is 29.9. The van der Waals surface area contributed by atoms with E-state index in [2.05, 4.69) is 20.3 Å². The van der Waals surface area contributed by atoms with Crippen LogP contribution in [0.25, 0.3) is 11.2 Å². The van der Waals surface area contributed by atoms with Gasteiger partial charge in [-0.15, -0.1) is 0 Å². The summed E-state index contributed by atoms with van der Waals surface area (Å²) in [5, 5.41) is 23.2. The summed E-state index contributed by atoms with van der Waals surface area (Å²) in [6.07, 6.45) is -2.62. The highest BCUT2D eigenvalue weighted by Gasteiger charge is 2.44. The number of nitrogens with zero attached hydrogens (tertiary/aromatic N) is 4. The Morgan fingerprint density at radius 1 is 1.32 bits per heavy atom. The van der Waals surface area contributed by atoms with Gasteiger partial charge >= 0.3 is 7.60 Å². The van der Waals surface area contributed by atoms with Crippen LogP contribution in [0.5, 0.6) is 0 Å². The van der Waals surface area contributed by atoms with E-state index >= 15 is 0 Å². The van der Waals surface area contributed by atoms with E-state index in [-0.39, 0.29) is 6.61 Å². The molecule has 0 aromatic carbocycles. The van der Waals surface area contributed by atoms with Crippen LogP contribution in [-0.2, 0) is 14.0 Å². The summed E-state index contributed by atoms with van der Waals surface area (Å²) in [6, 6.07) is 0. The molecule has 1 aliphatic heterocycles. The molecule has 0 radical (unpaired) electrons. The maximum absolute atomic E-state index is 10.8. The van der Waals surface area contributed by atoms with Crippen LogP contribution in [-0.4, -0.2) is 77.8 Å². The molecule has 3 heterocycles. The van der Waals surface area contributed by atoms with Crippen LogP contribution in [0.4, 0.5) is 5.82 Å². The molecule has 0 spiro atoms. The van der Waals surface area contributed by atoms with Crippen molar-refractivity contribution in [1.29, 1.82) is 0 Å². The Morgan fingerprint density at radius 3 is 2.76 bits per heavy atom. The largest absolute Gasteiger partial charge is 0.387 e. The lowest BCUT2D eigenvalue weighted by atomic mass is 10.1. The van der Waals surface area contributed by atoms with Gasteiger partial charge in [-0.1, -0.05) is 0 Å². The van der Waals surface area contributed by atoms with Crippen molar-refractivity contribution in [1.82, 2.24) is 19.5 Å². The van der Waals surface area contributed by atoms with Crippen molar-refractivity contribution in [2.45, 2.75) is 24.5 Å². The van der Waals surface area contributed by atoms with Crippen molar-refractivity contribution in [3.8, 4) is 0 Å². The van der Waals surface area contributed by atoms with Crippen LogP contribution in [0, 0.1) is 0 Å². The Kier molecular flexibility index (Phi) is 5.02. The topological polar surface area (TPSA) is 172 Å². The van der Waals surface area contributed by atoms with Gasteiger partial charge in [0.1, 0.15) is 36.5 Å². The lowest BCUT2D eigenvalue weighted by Crippen LogP contribution is -2.33. The molecule has 5 N–H and O–H groups in total. The van der Waals surface area contributed by atoms with Crippen LogP contribution in [0.1, 0.15) is 6.23 Å². The van der Waals surface area contributed by atoms with E-state index in [4.69, 9.17) is 19.3 Å². The maximum atomic E-state index is 10.8. The summed E-state index contributed by atoms with van der Waals surface area (Å²) in [5.74, 6) is 0.498. The first-order valence-corrected chi connectivity index (χ1v) is 9.11. The van der Waals surface area contributed by atoms with Gasteiger partial charge < -0.3 is 34.8 Å². The summed E-state index contributed by atoms with van der Waals surface area (Å²) < 4.78 is 22.7. The Balaban J connectivity index is 1.78. The smallest absolute Gasteiger partial charge is 0.350 e. The van der Waals surface area contributed by atoms with Gasteiger partial charge in [-0.05, 0) is 0 Å². The number of imidazole rings is 1. The second kappa shape index (κ2) is 6.92. The highest BCUT2D eigenvalue weighted by molar-refractivity contribution is 7.51. The van der Waals surface area contributed by atoms with Crippen LogP contribution in [0.2, 0.25) is 0 Å². The van der Waals surface area contributed by atoms with Gasteiger partial charge in [0.15, 0.2) is 17.7 Å². The first-order valence-electron chi connectivity index (χ1n) is 7.31. The van der Waals surface area contributed by atoms with E-state index in [1.165, 1.54) is 17.2 Å². The lowest BCUT2D eigenvalue weighted by Gasteiger charge is -2.16. The Hall–Kier alpha value is -1.66. The molecule has 3 rings (SSSR count). The molecule has 12 nitrogen and oxygen atoms in total. The summed E-state index contributed by atoms with van der Waals surface area (Å²) >= 11 is 0. The van der Waals surface area contributed by atoms with Crippen LogP contribution in [0.15, 0.2) is 12.7 Å². The van der Waals surface area contributed by atoms with Gasteiger partial charge in [-0.3, -0.25) is 9.13 Å². The summed E-state index contributed by atoms with van der Waals surface area (Å²) in [5.41, 5.74) is 0.865. The first-order chi connectivity index (χ1) is 11.8. The third-order valence-corrected chi connectivity index (χ3v) is 4.27. The number of aromatic nitrogens is 4. The number of rotatable bonds is 6. The highest BCUT2D eigenvalue weighted by Crippen LogP contribution is 2.35. The normalized spacial score (nSPS) is 27.1. The zero-order valence-electron chi connectivity index (χ0n) is 13.1. The molecule has 0 aliphatic carbocycles. The third kappa shape index (κ3) is 3.65. The average Bonchev–Trinajstić information content (AvgIpc) is 3.10. The fraction of sp³-hybridized carbons (Fsp3) is 0.583. The molecule has 13 heteroatoms. The number of ether oxygens (including phenoxy) is 2. The van der Waals surface area contributed by atoms with Gasteiger partial charge in [-0.2, -0.15) is 0 Å². The van der Waals surface area contributed by atoms with E-state index in [9.17, 15) is 14.8 Å². The summed E-state index contributed by atoms with van der Waals surface area (Å²) in [6.45, 7) is -0.288. The maximum Gasteiger partial charge on any atom is 0.350 e. The van der Waals surface area contributed by atoms with E-state index in [1.54, 1.807) is 7.05 Å². The van der Waals surface area contributed by atoms with E-state index in [0.717, 1.165) is 0 Å². The molecule has 4 atom stereocenters. The van der Waals surface area contributed by atoms with Gasteiger partial charge in [0, 0.05) is 7.05 Å². The van der Waals surface area contributed by atoms with Crippen molar-refractivity contribution in [3.05, 3.63) is 12.7 Å². The molecule has 1 saturated heterocycles. The minimum absolute atomic E-state index is 0.288. The highest BCUT2D eigenvalue weighted by atomic mass is 31.2. The molecule has 0 amide bonds. The lowest BCUT2D eigenvalue weighted by molar-refractivity contribution is -0.0612. The number of aliphatic hydroxyl groups excluding tert-OH is 2. The molecule has 2 aromatic heterocycles. The van der Waals surface area contributed by atoms with Crippen LogP contribution >= 0.6 is 7.60 Å².